The predicted molar refractivity (Wildman–Crippen MR) is 70.9 cm³/mol. The van der Waals surface area contributed by atoms with Crippen LogP contribution in [0.15, 0.2) is 18.2 Å². The van der Waals surface area contributed by atoms with Gasteiger partial charge in [-0.3, -0.25) is 4.79 Å². The maximum absolute atomic E-state index is 12.3. The van der Waals surface area contributed by atoms with Crippen LogP contribution in [0.3, 0.4) is 0 Å². The number of ether oxygens (including phenoxy) is 3. The number of carbonyl (C=O) groups excluding carboxylic acids is 1. The summed E-state index contributed by atoms with van der Waals surface area (Å²) in [4.78, 5) is 14.1. The topological polar surface area (TPSA) is 48.0 Å². The highest BCUT2D eigenvalue weighted by molar-refractivity contribution is 5.95. The molecule has 5 nitrogen and oxygen atoms in total. The SMILES string of the molecule is CCOc1ccc(C(=O)N2CCOCC2)cc1OC. The van der Waals surface area contributed by atoms with Crippen LogP contribution in [-0.4, -0.2) is 50.8 Å². The number of nitrogens with zero attached hydrogens (tertiary/aromatic N) is 1. The molecule has 104 valence electrons. The number of hydrogen-bond acceptors (Lipinski definition) is 4. The average Bonchev–Trinajstić information content (AvgIpc) is 2.48. The summed E-state index contributed by atoms with van der Waals surface area (Å²) in [6, 6.07) is 5.27. The first-order chi connectivity index (χ1) is 9.26. The molecule has 0 N–H and O–H groups in total. The van der Waals surface area contributed by atoms with Crippen LogP contribution >= 0.6 is 0 Å². The molecule has 19 heavy (non-hydrogen) atoms. The highest BCUT2D eigenvalue weighted by Gasteiger charge is 2.19. The molecule has 1 fully saturated rings. The lowest BCUT2D eigenvalue weighted by Crippen LogP contribution is -2.40. The third-order valence-corrected chi connectivity index (χ3v) is 3.01. The van der Waals surface area contributed by atoms with Crippen LogP contribution in [0.5, 0.6) is 11.5 Å². The minimum absolute atomic E-state index is 0.00430. The second kappa shape index (κ2) is 6.43. The molecule has 5 heteroatoms. The van der Waals surface area contributed by atoms with Crippen molar-refractivity contribution in [1.82, 2.24) is 4.90 Å². The molecule has 1 aliphatic heterocycles. The van der Waals surface area contributed by atoms with Gasteiger partial charge in [-0.15, -0.1) is 0 Å². The zero-order valence-electron chi connectivity index (χ0n) is 11.3. The molecule has 1 aromatic rings. The van der Waals surface area contributed by atoms with Gasteiger partial charge in [0.05, 0.1) is 26.9 Å². The van der Waals surface area contributed by atoms with Crippen LogP contribution in [0.25, 0.3) is 0 Å². The molecule has 1 aromatic carbocycles. The summed E-state index contributed by atoms with van der Waals surface area (Å²) < 4.78 is 15.9. The number of hydrogen-bond donors (Lipinski definition) is 0. The molecule has 0 radical (unpaired) electrons. The van der Waals surface area contributed by atoms with Crippen LogP contribution in [0.1, 0.15) is 17.3 Å². The Kier molecular flexibility index (Phi) is 4.63. The molecular weight excluding hydrogens is 246 g/mol. The third kappa shape index (κ3) is 3.17. The van der Waals surface area contributed by atoms with Gasteiger partial charge in [-0.2, -0.15) is 0 Å². The van der Waals surface area contributed by atoms with Crippen LogP contribution in [0, 0.1) is 0 Å². The van der Waals surface area contributed by atoms with Gasteiger partial charge in [-0.05, 0) is 25.1 Å². The number of carbonyl (C=O) groups is 1. The molecule has 0 bridgehead atoms. The highest BCUT2D eigenvalue weighted by Crippen LogP contribution is 2.28. The Labute approximate surface area is 113 Å². The predicted octanol–water partition coefficient (Wildman–Crippen LogP) is 1.57. The van der Waals surface area contributed by atoms with Gasteiger partial charge in [0.25, 0.3) is 5.91 Å². The third-order valence-electron chi connectivity index (χ3n) is 3.01. The summed E-state index contributed by atoms with van der Waals surface area (Å²) in [5.74, 6) is 1.24. The molecule has 0 unspecified atom stereocenters. The fraction of sp³-hybridized carbons (Fsp3) is 0.500. The van der Waals surface area contributed by atoms with Gasteiger partial charge in [0, 0.05) is 18.7 Å². The Balaban J connectivity index is 2.17. The molecule has 0 saturated carbocycles. The van der Waals surface area contributed by atoms with E-state index in [1.807, 2.05) is 6.92 Å². The molecule has 1 heterocycles. The molecule has 1 saturated heterocycles. The van der Waals surface area contributed by atoms with E-state index in [2.05, 4.69) is 0 Å². The normalized spacial score (nSPS) is 15.2. The lowest BCUT2D eigenvalue weighted by Gasteiger charge is -2.27. The van der Waals surface area contributed by atoms with Crippen molar-refractivity contribution in [3.8, 4) is 11.5 Å². The van der Waals surface area contributed by atoms with E-state index < -0.39 is 0 Å². The zero-order valence-corrected chi connectivity index (χ0v) is 11.3. The van der Waals surface area contributed by atoms with Crippen molar-refractivity contribution in [2.75, 3.05) is 40.0 Å². The number of amides is 1. The number of rotatable bonds is 4. The maximum Gasteiger partial charge on any atom is 0.254 e. The molecule has 0 aliphatic carbocycles. The molecular formula is C14H19NO4. The van der Waals surface area contributed by atoms with Crippen LogP contribution < -0.4 is 9.47 Å². The minimum atomic E-state index is 0.00430. The molecule has 0 atom stereocenters. The Bertz CT molecular complexity index is 441. The van der Waals surface area contributed by atoms with Crippen molar-refractivity contribution in [3.63, 3.8) is 0 Å². The van der Waals surface area contributed by atoms with Gasteiger partial charge in [-0.25, -0.2) is 0 Å². The molecule has 0 aromatic heterocycles. The van der Waals surface area contributed by atoms with Gasteiger partial charge in [0.1, 0.15) is 0 Å². The summed E-state index contributed by atoms with van der Waals surface area (Å²) in [6.07, 6.45) is 0. The first-order valence-corrected chi connectivity index (χ1v) is 6.44. The zero-order chi connectivity index (χ0) is 13.7. The van der Waals surface area contributed by atoms with E-state index >= 15 is 0 Å². The van der Waals surface area contributed by atoms with Crippen molar-refractivity contribution in [2.45, 2.75) is 6.92 Å². The lowest BCUT2D eigenvalue weighted by molar-refractivity contribution is 0.0302. The lowest BCUT2D eigenvalue weighted by atomic mass is 10.1. The Hall–Kier alpha value is -1.75. The number of methoxy groups -OCH3 is 1. The van der Waals surface area contributed by atoms with E-state index in [9.17, 15) is 4.79 Å². The van der Waals surface area contributed by atoms with Crippen LogP contribution in [0.4, 0.5) is 0 Å². The van der Waals surface area contributed by atoms with Gasteiger partial charge in [0.15, 0.2) is 11.5 Å². The average molecular weight is 265 g/mol. The molecule has 1 aliphatic rings. The van der Waals surface area contributed by atoms with E-state index in [4.69, 9.17) is 14.2 Å². The largest absolute Gasteiger partial charge is 0.493 e. The Morgan fingerprint density at radius 2 is 2.05 bits per heavy atom. The smallest absolute Gasteiger partial charge is 0.254 e. The first kappa shape index (κ1) is 13.7. The molecule has 1 amide bonds. The van der Waals surface area contributed by atoms with E-state index in [0.29, 0.717) is 50.0 Å². The van der Waals surface area contributed by atoms with E-state index in [0.717, 1.165) is 0 Å². The van der Waals surface area contributed by atoms with Crippen molar-refractivity contribution in [2.24, 2.45) is 0 Å². The monoisotopic (exact) mass is 265 g/mol. The second-order valence-electron chi connectivity index (χ2n) is 4.20. The van der Waals surface area contributed by atoms with Crippen molar-refractivity contribution < 1.29 is 19.0 Å². The van der Waals surface area contributed by atoms with Crippen molar-refractivity contribution in [1.29, 1.82) is 0 Å². The maximum atomic E-state index is 12.3. The number of benzene rings is 1. The molecule has 0 spiro atoms. The van der Waals surface area contributed by atoms with Gasteiger partial charge >= 0.3 is 0 Å². The Morgan fingerprint density at radius 3 is 2.68 bits per heavy atom. The van der Waals surface area contributed by atoms with Gasteiger partial charge in [0.2, 0.25) is 0 Å². The summed E-state index contributed by atoms with van der Waals surface area (Å²) >= 11 is 0. The van der Waals surface area contributed by atoms with Crippen LogP contribution in [0.2, 0.25) is 0 Å². The summed E-state index contributed by atoms with van der Waals surface area (Å²) in [6.45, 7) is 4.93. The van der Waals surface area contributed by atoms with E-state index in [1.165, 1.54) is 0 Å². The number of morpholine rings is 1. The second-order valence-corrected chi connectivity index (χ2v) is 4.20. The van der Waals surface area contributed by atoms with Gasteiger partial charge in [-0.1, -0.05) is 0 Å². The van der Waals surface area contributed by atoms with Crippen molar-refractivity contribution in [3.05, 3.63) is 23.8 Å². The summed E-state index contributed by atoms with van der Waals surface area (Å²) in [5.41, 5.74) is 0.613. The van der Waals surface area contributed by atoms with Gasteiger partial charge < -0.3 is 19.1 Å². The first-order valence-electron chi connectivity index (χ1n) is 6.44. The van der Waals surface area contributed by atoms with E-state index in [-0.39, 0.29) is 5.91 Å². The minimum Gasteiger partial charge on any atom is -0.493 e. The Morgan fingerprint density at radius 1 is 1.32 bits per heavy atom. The summed E-state index contributed by atoms with van der Waals surface area (Å²) in [5, 5.41) is 0. The van der Waals surface area contributed by atoms with E-state index in [1.54, 1.807) is 30.2 Å². The quantitative estimate of drug-likeness (QED) is 0.829. The van der Waals surface area contributed by atoms with Crippen LogP contribution in [-0.2, 0) is 4.74 Å². The fourth-order valence-corrected chi connectivity index (χ4v) is 2.02. The standard InChI is InChI=1S/C14H19NO4/c1-3-19-12-5-4-11(10-13(12)17-2)14(16)15-6-8-18-9-7-15/h4-5,10H,3,6-9H2,1-2H3. The fourth-order valence-electron chi connectivity index (χ4n) is 2.02. The van der Waals surface area contributed by atoms with Crippen molar-refractivity contribution >= 4 is 5.91 Å². The summed E-state index contributed by atoms with van der Waals surface area (Å²) in [7, 11) is 1.57. The molecule has 2 rings (SSSR count). The highest BCUT2D eigenvalue weighted by atomic mass is 16.5.